The minimum atomic E-state index is -3.98. The Kier molecular flexibility index (Phi) is 4.47. The van der Waals surface area contributed by atoms with Crippen molar-refractivity contribution in [1.82, 2.24) is 9.82 Å². The number of nitro groups is 1. The van der Waals surface area contributed by atoms with E-state index in [0.29, 0.717) is 11.3 Å². The fourth-order valence-electron chi connectivity index (χ4n) is 1.60. The minimum absolute atomic E-state index is 0.229. The number of nitro benzene ring substituents is 1. The lowest BCUT2D eigenvalue weighted by molar-refractivity contribution is -0.385. The number of non-ortho nitro benzene ring substituents is 1. The molecule has 8 nitrogen and oxygen atoms in total. The summed E-state index contributed by atoms with van der Waals surface area (Å²) < 4.78 is 24.2. The van der Waals surface area contributed by atoms with Crippen molar-refractivity contribution in [3.05, 3.63) is 64.5 Å². The highest BCUT2D eigenvalue weighted by molar-refractivity contribution is 7.89. The average Bonchev–Trinajstić information content (AvgIpc) is 2.53. The number of hydrogen-bond donors (Lipinski definition) is 1. The quantitative estimate of drug-likeness (QED) is 0.511. The van der Waals surface area contributed by atoms with E-state index in [9.17, 15) is 18.5 Å². The first-order valence-electron chi connectivity index (χ1n) is 6.11. The first-order valence-corrected chi connectivity index (χ1v) is 7.59. The van der Waals surface area contributed by atoms with Crippen molar-refractivity contribution in [1.29, 1.82) is 0 Å². The molecule has 0 spiro atoms. The predicted octanol–water partition coefficient (Wildman–Crippen LogP) is 1.69. The molecule has 0 atom stereocenters. The molecular formula is C13H12N4O4S. The summed E-state index contributed by atoms with van der Waals surface area (Å²) in [6.07, 6.45) is 3.12. The summed E-state index contributed by atoms with van der Waals surface area (Å²) in [6.45, 7) is 1.63. The molecule has 0 unspecified atom stereocenters. The van der Waals surface area contributed by atoms with Gasteiger partial charge in [0, 0.05) is 30.1 Å². The van der Waals surface area contributed by atoms with Crippen LogP contribution in [0.2, 0.25) is 0 Å². The zero-order chi connectivity index (χ0) is 16.2. The van der Waals surface area contributed by atoms with Crippen LogP contribution in [0.15, 0.2) is 58.8 Å². The van der Waals surface area contributed by atoms with E-state index in [4.69, 9.17) is 0 Å². The van der Waals surface area contributed by atoms with Crippen LogP contribution in [0.3, 0.4) is 0 Å². The molecule has 1 aromatic heterocycles. The number of nitrogens with one attached hydrogen (secondary N) is 1. The first-order chi connectivity index (χ1) is 10.4. The molecular weight excluding hydrogens is 308 g/mol. The van der Waals surface area contributed by atoms with Crippen LogP contribution in [-0.4, -0.2) is 24.0 Å². The van der Waals surface area contributed by atoms with Crippen molar-refractivity contribution >= 4 is 21.4 Å². The summed E-state index contributed by atoms with van der Waals surface area (Å²) in [5.74, 6) is 0. The number of pyridine rings is 1. The van der Waals surface area contributed by atoms with Gasteiger partial charge in [-0.25, -0.2) is 0 Å². The predicted molar refractivity (Wildman–Crippen MR) is 79.9 cm³/mol. The van der Waals surface area contributed by atoms with Crippen molar-refractivity contribution in [2.24, 2.45) is 5.10 Å². The molecule has 0 saturated carbocycles. The van der Waals surface area contributed by atoms with Gasteiger partial charge in [0.25, 0.3) is 15.7 Å². The Balaban J connectivity index is 2.25. The molecule has 0 aliphatic rings. The van der Waals surface area contributed by atoms with Crippen molar-refractivity contribution in [2.75, 3.05) is 0 Å². The molecule has 0 amide bonds. The molecule has 0 bridgehead atoms. The maximum Gasteiger partial charge on any atom is 0.276 e. The molecule has 0 saturated heterocycles. The average molecular weight is 320 g/mol. The van der Waals surface area contributed by atoms with Crippen molar-refractivity contribution in [3.63, 3.8) is 0 Å². The Labute approximate surface area is 126 Å². The fourth-order valence-corrected chi connectivity index (χ4v) is 2.50. The highest BCUT2D eigenvalue weighted by atomic mass is 32.2. The zero-order valence-electron chi connectivity index (χ0n) is 11.5. The maximum atomic E-state index is 12.1. The van der Waals surface area contributed by atoms with Crippen molar-refractivity contribution in [3.8, 4) is 0 Å². The van der Waals surface area contributed by atoms with E-state index in [1.54, 1.807) is 31.5 Å². The highest BCUT2D eigenvalue weighted by Crippen LogP contribution is 2.17. The second-order valence-electron chi connectivity index (χ2n) is 4.28. The molecule has 22 heavy (non-hydrogen) atoms. The van der Waals surface area contributed by atoms with Crippen LogP contribution in [0.5, 0.6) is 0 Å². The van der Waals surface area contributed by atoms with E-state index in [2.05, 4.69) is 14.9 Å². The van der Waals surface area contributed by atoms with E-state index in [1.165, 1.54) is 18.2 Å². The van der Waals surface area contributed by atoms with Gasteiger partial charge in [0.05, 0.1) is 15.5 Å². The van der Waals surface area contributed by atoms with E-state index in [-0.39, 0.29) is 10.6 Å². The summed E-state index contributed by atoms with van der Waals surface area (Å²) in [5.41, 5.74) is 0.839. The Hall–Kier alpha value is -2.81. The highest BCUT2D eigenvalue weighted by Gasteiger charge is 2.17. The Morgan fingerprint density at radius 3 is 2.59 bits per heavy atom. The van der Waals surface area contributed by atoms with Gasteiger partial charge in [0.1, 0.15) is 0 Å². The van der Waals surface area contributed by atoms with Crippen LogP contribution in [0, 0.1) is 10.1 Å². The summed E-state index contributed by atoms with van der Waals surface area (Å²) in [4.78, 5) is 15.7. The van der Waals surface area contributed by atoms with Crippen molar-refractivity contribution < 1.29 is 13.3 Å². The third kappa shape index (κ3) is 3.64. The lowest BCUT2D eigenvalue weighted by atomic mass is 10.2. The number of benzene rings is 1. The number of aromatic nitrogens is 1. The number of sulfonamides is 1. The number of rotatable bonds is 5. The van der Waals surface area contributed by atoms with Crippen molar-refractivity contribution in [2.45, 2.75) is 11.8 Å². The molecule has 114 valence electrons. The maximum absolute atomic E-state index is 12.1. The Bertz CT molecular complexity index is 819. The van der Waals surface area contributed by atoms with Gasteiger partial charge in [-0.15, -0.1) is 0 Å². The van der Waals surface area contributed by atoms with Gasteiger partial charge in [-0.05, 0) is 25.1 Å². The Morgan fingerprint density at radius 1 is 1.27 bits per heavy atom. The second kappa shape index (κ2) is 6.31. The lowest BCUT2D eigenvalue weighted by Crippen LogP contribution is -2.20. The van der Waals surface area contributed by atoms with Gasteiger partial charge in [-0.1, -0.05) is 6.07 Å². The molecule has 1 N–H and O–H groups in total. The van der Waals surface area contributed by atoms with Gasteiger partial charge >= 0.3 is 0 Å². The van der Waals surface area contributed by atoms with Crippen LogP contribution in [0.1, 0.15) is 12.5 Å². The van der Waals surface area contributed by atoms with E-state index in [0.717, 1.165) is 6.07 Å². The van der Waals surface area contributed by atoms with Crippen LogP contribution in [0.25, 0.3) is 0 Å². The second-order valence-corrected chi connectivity index (χ2v) is 5.94. The molecule has 0 fully saturated rings. The summed E-state index contributed by atoms with van der Waals surface area (Å²) >= 11 is 0. The number of hydrazone groups is 1. The molecule has 0 aliphatic carbocycles. The van der Waals surface area contributed by atoms with Crippen LogP contribution >= 0.6 is 0 Å². The topological polar surface area (TPSA) is 115 Å². The molecule has 9 heteroatoms. The van der Waals surface area contributed by atoms with Crippen LogP contribution < -0.4 is 4.83 Å². The molecule has 0 radical (unpaired) electrons. The van der Waals surface area contributed by atoms with E-state index >= 15 is 0 Å². The normalized spacial score (nSPS) is 12.0. The molecule has 0 aliphatic heterocycles. The minimum Gasteiger partial charge on any atom is -0.265 e. The monoisotopic (exact) mass is 320 g/mol. The third-order valence-electron chi connectivity index (χ3n) is 2.77. The summed E-state index contributed by atoms with van der Waals surface area (Å²) in [7, 11) is -3.98. The first kappa shape index (κ1) is 15.6. The van der Waals surface area contributed by atoms with Gasteiger partial charge in [0.15, 0.2) is 0 Å². The standard InChI is InChI=1S/C13H12N4O4S/c1-10(11-5-7-14-8-6-11)15-16-22(20,21)13-4-2-3-12(9-13)17(18)19/h2-9,16H,1H3/b15-10+. The molecule has 1 heterocycles. The number of hydrogen-bond acceptors (Lipinski definition) is 6. The largest absolute Gasteiger partial charge is 0.276 e. The third-order valence-corrected chi connectivity index (χ3v) is 3.98. The van der Waals surface area contributed by atoms with Gasteiger partial charge in [0.2, 0.25) is 0 Å². The molecule has 1 aromatic carbocycles. The van der Waals surface area contributed by atoms with Gasteiger partial charge < -0.3 is 0 Å². The molecule has 2 rings (SSSR count). The summed E-state index contributed by atoms with van der Waals surface area (Å²) in [6, 6.07) is 8.10. The van der Waals surface area contributed by atoms with E-state index < -0.39 is 14.9 Å². The Morgan fingerprint density at radius 2 is 1.95 bits per heavy atom. The van der Waals surface area contributed by atoms with Gasteiger partial charge in [-0.3, -0.25) is 15.1 Å². The molecule has 2 aromatic rings. The lowest BCUT2D eigenvalue weighted by Gasteiger charge is -2.05. The summed E-state index contributed by atoms with van der Waals surface area (Å²) in [5, 5.41) is 14.5. The zero-order valence-corrected chi connectivity index (χ0v) is 12.3. The van der Waals surface area contributed by atoms with Crippen LogP contribution in [0.4, 0.5) is 5.69 Å². The fraction of sp³-hybridized carbons (Fsp3) is 0.0769. The van der Waals surface area contributed by atoms with Gasteiger partial charge in [-0.2, -0.15) is 18.4 Å². The number of nitrogens with zero attached hydrogens (tertiary/aromatic N) is 3. The smallest absolute Gasteiger partial charge is 0.265 e. The SMILES string of the molecule is C/C(=N\NS(=O)(=O)c1cccc([N+](=O)[O-])c1)c1ccncc1. The van der Waals surface area contributed by atoms with E-state index in [1.807, 2.05) is 0 Å². The van der Waals surface area contributed by atoms with Crippen LogP contribution in [-0.2, 0) is 10.0 Å².